The molecule has 0 aliphatic carbocycles. The topological polar surface area (TPSA) is 98.7 Å². The fraction of sp³-hybridized carbons (Fsp3) is 0.609. The number of amides is 3. The molecule has 3 aliphatic rings. The Hall–Kier alpha value is -2.06. The molecule has 7 nitrogen and oxygen atoms in total. The van der Waals surface area contributed by atoms with Gasteiger partial charge in [-0.2, -0.15) is 0 Å². The number of nitrogens with one attached hydrogen (secondary N) is 2. The number of aliphatic hydroxyl groups excluding tert-OH is 1. The Bertz CT molecular complexity index is 917. The molecule has 3 fully saturated rings. The Morgan fingerprint density at radius 2 is 1.94 bits per heavy atom. The number of hydrogen-bond donors (Lipinski definition) is 3. The number of likely N-dealkylation sites (tertiary alicyclic amines) is 1. The van der Waals surface area contributed by atoms with E-state index in [1.54, 1.807) is 30.6 Å². The van der Waals surface area contributed by atoms with Crippen molar-refractivity contribution in [3.8, 4) is 0 Å². The quantitative estimate of drug-likeness (QED) is 0.641. The molecule has 168 valence electrons. The molecule has 3 heterocycles. The molecule has 4 rings (SSSR count). The fourth-order valence-electron chi connectivity index (χ4n) is 5.99. The van der Waals surface area contributed by atoms with Crippen LogP contribution in [0.1, 0.15) is 31.4 Å². The van der Waals surface area contributed by atoms with E-state index in [1.165, 1.54) is 0 Å². The average molecular weight is 446 g/mol. The number of carbonyl (C=O) groups is 3. The first-order chi connectivity index (χ1) is 14.7. The van der Waals surface area contributed by atoms with Crippen LogP contribution in [0.5, 0.6) is 0 Å². The summed E-state index contributed by atoms with van der Waals surface area (Å²) in [5.74, 6) is -1.50. The van der Waals surface area contributed by atoms with Gasteiger partial charge in [-0.05, 0) is 44.2 Å². The maximum Gasteiger partial charge on any atom is 0.248 e. The predicted octanol–water partition coefficient (Wildman–Crippen LogP) is 1.71. The first-order valence-corrected chi connectivity index (χ1v) is 11.8. The molecule has 3 unspecified atom stereocenters. The van der Waals surface area contributed by atoms with Crippen LogP contribution in [-0.4, -0.2) is 63.5 Å². The summed E-state index contributed by atoms with van der Waals surface area (Å²) in [5.41, 5.74) is 2.66. The molecule has 3 amide bonds. The first kappa shape index (κ1) is 22.1. The van der Waals surface area contributed by atoms with Gasteiger partial charge < -0.3 is 20.6 Å². The van der Waals surface area contributed by atoms with Gasteiger partial charge in [-0.1, -0.05) is 25.1 Å². The number of fused-ring (bicyclic) bond motifs is 1. The summed E-state index contributed by atoms with van der Waals surface area (Å²) in [7, 11) is 1.59. The van der Waals surface area contributed by atoms with Crippen LogP contribution in [0.25, 0.3) is 0 Å². The Balaban J connectivity index is 1.80. The summed E-state index contributed by atoms with van der Waals surface area (Å²) in [6.07, 6.45) is 0.793. The van der Waals surface area contributed by atoms with Crippen molar-refractivity contribution >= 4 is 35.2 Å². The molecule has 8 heteroatoms. The van der Waals surface area contributed by atoms with E-state index in [-0.39, 0.29) is 35.5 Å². The van der Waals surface area contributed by atoms with Crippen LogP contribution in [0.4, 0.5) is 5.69 Å². The number of rotatable bonds is 5. The lowest BCUT2D eigenvalue weighted by atomic mass is 9.66. The van der Waals surface area contributed by atoms with Crippen molar-refractivity contribution in [1.29, 1.82) is 0 Å². The lowest BCUT2D eigenvalue weighted by Gasteiger charge is -2.39. The third kappa shape index (κ3) is 3.02. The van der Waals surface area contributed by atoms with Crippen molar-refractivity contribution < 1.29 is 19.5 Å². The van der Waals surface area contributed by atoms with Crippen molar-refractivity contribution in [2.24, 2.45) is 17.8 Å². The lowest BCUT2D eigenvalue weighted by molar-refractivity contribution is -0.141. The van der Waals surface area contributed by atoms with Crippen LogP contribution >= 0.6 is 11.8 Å². The van der Waals surface area contributed by atoms with Gasteiger partial charge in [0.25, 0.3) is 0 Å². The number of aliphatic hydroxyl groups is 1. The largest absolute Gasteiger partial charge is 0.394 e. The number of anilines is 1. The second-order valence-electron chi connectivity index (χ2n) is 9.20. The summed E-state index contributed by atoms with van der Waals surface area (Å²) in [6, 6.07) is 4.57. The van der Waals surface area contributed by atoms with Gasteiger partial charge in [0.2, 0.25) is 17.7 Å². The van der Waals surface area contributed by atoms with Crippen molar-refractivity contribution in [3.05, 3.63) is 29.3 Å². The standard InChI is InChI=1S/C23H31N3O4S/c1-11-7-6-8-12(2)18(11)25-21(29)19-23-13(3)9-15(31-23)16(20(28)24-5)17(23)22(30)26(19)14(4)10-27/h6-8,13-17,19,27H,9-10H2,1-5H3,(H,24,28)(H,25,29)/t13?,14-,15-,16+,17+,19?,23?/m1/s1. The lowest BCUT2D eigenvalue weighted by Crippen LogP contribution is -2.56. The number of carbonyl (C=O) groups excluding carboxylic acids is 3. The van der Waals surface area contributed by atoms with Gasteiger partial charge in [0.05, 0.1) is 29.2 Å². The van der Waals surface area contributed by atoms with E-state index in [1.807, 2.05) is 32.0 Å². The molecule has 0 aromatic heterocycles. The summed E-state index contributed by atoms with van der Waals surface area (Å²) < 4.78 is -0.678. The first-order valence-electron chi connectivity index (χ1n) is 10.9. The Morgan fingerprint density at radius 3 is 2.52 bits per heavy atom. The zero-order chi connectivity index (χ0) is 22.7. The molecular weight excluding hydrogens is 414 g/mol. The van der Waals surface area contributed by atoms with Gasteiger partial charge in [-0.3, -0.25) is 14.4 Å². The molecule has 1 spiro atoms. The minimum Gasteiger partial charge on any atom is -0.394 e. The zero-order valence-corrected chi connectivity index (χ0v) is 19.5. The molecule has 0 saturated carbocycles. The predicted molar refractivity (Wildman–Crippen MR) is 121 cm³/mol. The maximum atomic E-state index is 13.8. The van der Waals surface area contributed by atoms with Crippen LogP contribution in [0.2, 0.25) is 0 Å². The maximum absolute atomic E-state index is 13.8. The molecule has 3 N–H and O–H groups in total. The second-order valence-corrected chi connectivity index (χ2v) is 10.7. The van der Waals surface area contributed by atoms with E-state index in [4.69, 9.17) is 0 Å². The SMILES string of the molecule is CNC(=O)[C@@H]1[C@H]2C(=O)N([C@H](C)CO)C(C(=O)Nc3c(C)cccc3C)C23S[C@@H]1CC3C. The second kappa shape index (κ2) is 7.81. The summed E-state index contributed by atoms with van der Waals surface area (Å²) in [4.78, 5) is 41.8. The van der Waals surface area contributed by atoms with Crippen LogP contribution in [-0.2, 0) is 14.4 Å². The highest BCUT2D eigenvalue weighted by atomic mass is 32.2. The number of benzene rings is 1. The number of para-hydroxylation sites is 1. The minimum absolute atomic E-state index is 0.0194. The van der Waals surface area contributed by atoms with Crippen LogP contribution in [0.15, 0.2) is 18.2 Å². The average Bonchev–Trinajstić information content (AvgIpc) is 3.33. The van der Waals surface area contributed by atoms with Gasteiger partial charge >= 0.3 is 0 Å². The molecule has 3 aliphatic heterocycles. The number of thioether (sulfide) groups is 1. The molecule has 7 atom stereocenters. The summed E-state index contributed by atoms with van der Waals surface area (Å²) >= 11 is 1.63. The van der Waals surface area contributed by atoms with Crippen LogP contribution in [0.3, 0.4) is 0 Å². The van der Waals surface area contributed by atoms with Gasteiger partial charge in [0.15, 0.2) is 0 Å². The Morgan fingerprint density at radius 1 is 1.29 bits per heavy atom. The fourth-order valence-corrected chi connectivity index (χ4v) is 8.40. The molecule has 1 aromatic rings. The zero-order valence-electron chi connectivity index (χ0n) is 18.6. The van der Waals surface area contributed by atoms with Crippen molar-refractivity contribution in [3.63, 3.8) is 0 Å². The van der Waals surface area contributed by atoms with Crippen molar-refractivity contribution in [1.82, 2.24) is 10.2 Å². The van der Waals surface area contributed by atoms with E-state index in [9.17, 15) is 19.5 Å². The van der Waals surface area contributed by atoms with E-state index in [0.717, 1.165) is 23.2 Å². The van der Waals surface area contributed by atoms with Gasteiger partial charge in [0, 0.05) is 18.0 Å². The third-order valence-corrected chi connectivity index (χ3v) is 9.53. The van der Waals surface area contributed by atoms with E-state index < -0.39 is 28.7 Å². The minimum atomic E-state index is -0.745. The Kier molecular flexibility index (Phi) is 5.58. The van der Waals surface area contributed by atoms with E-state index in [0.29, 0.717) is 0 Å². The highest BCUT2D eigenvalue weighted by Crippen LogP contribution is 2.68. The molecular formula is C23H31N3O4S. The normalized spacial score (nSPS) is 34.6. The molecule has 3 saturated heterocycles. The van der Waals surface area contributed by atoms with Gasteiger partial charge in [-0.25, -0.2) is 0 Å². The summed E-state index contributed by atoms with van der Waals surface area (Å²) in [6.45, 7) is 7.48. The van der Waals surface area contributed by atoms with Gasteiger partial charge in [0.1, 0.15) is 6.04 Å². The Labute approximate surface area is 187 Å². The molecule has 0 radical (unpaired) electrons. The number of hydrogen-bond acceptors (Lipinski definition) is 5. The van der Waals surface area contributed by atoms with Gasteiger partial charge in [-0.15, -0.1) is 11.8 Å². The van der Waals surface area contributed by atoms with Crippen LogP contribution < -0.4 is 10.6 Å². The third-order valence-electron chi connectivity index (χ3n) is 7.45. The van der Waals surface area contributed by atoms with E-state index in [2.05, 4.69) is 17.6 Å². The van der Waals surface area contributed by atoms with Crippen LogP contribution in [0, 0.1) is 31.6 Å². The number of nitrogens with zero attached hydrogens (tertiary/aromatic N) is 1. The van der Waals surface area contributed by atoms with E-state index >= 15 is 0 Å². The smallest absolute Gasteiger partial charge is 0.248 e. The monoisotopic (exact) mass is 445 g/mol. The van der Waals surface area contributed by atoms with Crippen molar-refractivity contribution in [2.45, 2.75) is 56.2 Å². The number of aryl methyl sites for hydroxylation is 2. The molecule has 1 aromatic carbocycles. The molecule has 2 bridgehead atoms. The highest BCUT2D eigenvalue weighted by Gasteiger charge is 2.76. The highest BCUT2D eigenvalue weighted by molar-refractivity contribution is 8.02. The summed E-state index contributed by atoms with van der Waals surface area (Å²) in [5, 5.41) is 15.7. The molecule has 31 heavy (non-hydrogen) atoms. The van der Waals surface area contributed by atoms with Crippen molar-refractivity contribution in [2.75, 3.05) is 19.0 Å².